The van der Waals surface area contributed by atoms with Crippen molar-refractivity contribution in [3.05, 3.63) is 70.8 Å². The van der Waals surface area contributed by atoms with Crippen LogP contribution in [0.15, 0.2) is 48.5 Å². The van der Waals surface area contributed by atoms with E-state index in [1.165, 1.54) is 38.3 Å². The molecule has 0 heterocycles. The molecule has 0 aliphatic carbocycles. The topological polar surface area (TPSA) is 69.7 Å². The third-order valence-corrected chi connectivity index (χ3v) is 3.84. The van der Waals surface area contributed by atoms with E-state index in [0.29, 0.717) is 11.1 Å². The predicted molar refractivity (Wildman–Crippen MR) is 92.8 cm³/mol. The van der Waals surface area contributed by atoms with Crippen LogP contribution in [0.3, 0.4) is 0 Å². The van der Waals surface area contributed by atoms with Gasteiger partial charge in [0.2, 0.25) is 5.78 Å². The van der Waals surface area contributed by atoms with Gasteiger partial charge in [-0.15, -0.1) is 0 Å². The number of carbonyl (C=O) groups excluding carboxylic acids is 3. The fourth-order valence-corrected chi connectivity index (χ4v) is 2.28. The second-order valence-corrected chi connectivity index (χ2v) is 5.53. The monoisotopic (exact) mass is 340 g/mol. The molecule has 2 aromatic rings. The number of esters is 2. The summed E-state index contributed by atoms with van der Waals surface area (Å²) in [6, 6.07) is 13.1. The van der Waals surface area contributed by atoms with Crippen molar-refractivity contribution in [3.8, 4) is 0 Å². The molecule has 0 aliphatic heterocycles. The molecule has 0 saturated carbocycles. The Morgan fingerprint density at radius 3 is 1.80 bits per heavy atom. The summed E-state index contributed by atoms with van der Waals surface area (Å²) in [5, 5.41) is 0. The van der Waals surface area contributed by atoms with Gasteiger partial charge in [-0.1, -0.05) is 31.2 Å². The highest BCUT2D eigenvalue weighted by molar-refractivity contribution is 6.01. The molecule has 0 saturated heterocycles. The van der Waals surface area contributed by atoms with Crippen LogP contribution in [0.5, 0.6) is 0 Å². The second-order valence-electron chi connectivity index (χ2n) is 5.53. The van der Waals surface area contributed by atoms with Crippen molar-refractivity contribution in [2.24, 2.45) is 0 Å². The molecule has 0 N–H and O–H groups in total. The Kier molecular flexibility index (Phi) is 6.06. The number of hydrogen-bond donors (Lipinski definition) is 0. The zero-order chi connectivity index (χ0) is 18.4. The molecule has 2 rings (SSSR count). The van der Waals surface area contributed by atoms with Gasteiger partial charge in [0.05, 0.1) is 18.2 Å². The first-order valence-electron chi connectivity index (χ1n) is 7.98. The van der Waals surface area contributed by atoms with E-state index in [2.05, 4.69) is 4.74 Å². The highest BCUT2D eigenvalue weighted by atomic mass is 16.5. The van der Waals surface area contributed by atoms with Crippen molar-refractivity contribution in [2.75, 3.05) is 7.11 Å². The largest absolute Gasteiger partial charge is 0.465 e. The fraction of sp³-hybridized carbons (Fsp3) is 0.250. The van der Waals surface area contributed by atoms with Gasteiger partial charge in [0.15, 0.2) is 6.10 Å². The summed E-state index contributed by atoms with van der Waals surface area (Å²) in [6.07, 6.45) is -0.0131. The fourth-order valence-electron chi connectivity index (χ4n) is 2.28. The smallest absolute Gasteiger partial charge is 0.338 e. The second kappa shape index (κ2) is 8.24. The van der Waals surface area contributed by atoms with Crippen LogP contribution in [0.4, 0.5) is 0 Å². The van der Waals surface area contributed by atoms with Crippen molar-refractivity contribution in [3.63, 3.8) is 0 Å². The number of rotatable bonds is 6. The Morgan fingerprint density at radius 2 is 1.32 bits per heavy atom. The van der Waals surface area contributed by atoms with Crippen LogP contribution < -0.4 is 0 Å². The SMILES string of the molecule is CCc1ccc(C(=O)C(C)OC(=O)c2ccc(C(=O)OC)cc2)cc1. The minimum atomic E-state index is -0.903. The lowest BCUT2D eigenvalue weighted by atomic mass is 10.0. The van der Waals surface area contributed by atoms with E-state index in [1.807, 2.05) is 19.1 Å². The van der Waals surface area contributed by atoms with Crippen LogP contribution in [-0.4, -0.2) is 30.9 Å². The van der Waals surface area contributed by atoms with Crippen LogP contribution in [0, 0.1) is 0 Å². The van der Waals surface area contributed by atoms with Gasteiger partial charge in [-0.05, 0) is 43.2 Å². The Morgan fingerprint density at radius 1 is 0.840 bits per heavy atom. The summed E-state index contributed by atoms with van der Waals surface area (Å²) in [5.41, 5.74) is 2.22. The Hall–Kier alpha value is -2.95. The molecule has 0 bridgehead atoms. The van der Waals surface area contributed by atoms with E-state index >= 15 is 0 Å². The zero-order valence-corrected chi connectivity index (χ0v) is 14.4. The van der Waals surface area contributed by atoms with Crippen molar-refractivity contribution in [2.45, 2.75) is 26.4 Å². The number of methoxy groups -OCH3 is 1. The molecule has 0 aromatic heterocycles. The Bertz CT molecular complexity index is 760. The lowest BCUT2D eigenvalue weighted by Gasteiger charge is -2.13. The summed E-state index contributed by atoms with van der Waals surface area (Å²) in [6.45, 7) is 3.57. The Balaban J connectivity index is 2.03. The van der Waals surface area contributed by atoms with Gasteiger partial charge >= 0.3 is 11.9 Å². The summed E-state index contributed by atoms with van der Waals surface area (Å²) in [4.78, 5) is 35.9. The van der Waals surface area contributed by atoms with Crippen LogP contribution in [0.25, 0.3) is 0 Å². The third-order valence-electron chi connectivity index (χ3n) is 3.84. The minimum Gasteiger partial charge on any atom is -0.465 e. The number of Topliss-reactive ketones (excluding diaryl/α,β-unsaturated/α-hetero) is 1. The van der Waals surface area contributed by atoms with Gasteiger partial charge in [-0.2, -0.15) is 0 Å². The lowest BCUT2D eigenvalue weighted by molar-refractivity contribution is 0.0318. The Labute approximate surface area is 146 Å². The first kappa shape index (κ1) is 18.4. The molecule has 0 amide bonds. The molecule has 0 aliphatic rings. The van der Waals surface area contributed by atoms with E-state index in [4.69, 9.17) is 4.74 Å². The van der Waals surface area contributed by atoms with E-state index in [0.717, 1.165) is 12.0 Å². The minimum absolute atomic E-state index is 0.258. The van der Waals surface area contributed by atoms with E-state index in [-0.39, 0.29) is 11.3 Å². The number of ketones is 1. The van der Waals surface area contributed by atoms with E-state index in [9.17, 15) is 14.4 Å². The highest BCUT2D eigenvalue weighted by Gasteiger charge is 2.20. The van der Waals surface area contributed by atoms with Gasteiger partial charge < -0.3 is 9.47 Å². The lowest BCUT2D eigenvalue weighted by Crippen LogP contribution is -2.24. The van der Waals surface area contributed by atoms with Crippen molar-refractivity contribution >= 4 is 17.7 Å². The molecule has 0 fully saturated rings. The number of ether oxygens (including phenoxy) is 2. The molecule has 1 atom stereocenters. The summed E-state index contributed by atoms with van der Waals surface area (Å²) < 4.78 is 9.83. The van der Waals surface area contributed by atoms with Crippen LogP contribution in [0.2, 0.25) is 0 Å². The van der Waals surface area contributed by atoms with Gasteiger partial charge in [0, 0.05) is 5.56 Å². The molecule has 5 heteroatoms. The van der Waals surface area contributed by atoms with E-state index < -0.39 is 18.0 Å². The molecule has 0 radical (unpaired) electrons. The maximum Gasteiger partial charge on any atom is 0.338 e. The molecular formula is C20H20O5. The molecule has 130 valence electrons. The van der Waals surface area contributed by atoms with Crippen molar-refractivity contribution < 1.29 is 23.9 Å². The average Bonchev–Trinajstić information content (AvgIpc) is 2.66. The van der Waals surface area contributed by atoms with Gasteiger partial charge in [0.25, 0.3) is 0 Å². The number of benzene rings is 2. The van der Waals surface area contributed by atoms with E-state index in [1.54, 1.807) is 12.1 Å². The average molecular weight is 340 g/mol. The maximum absolute atomic E-state index is 12.4. The number of aryl methyl sites for hydroxylation is 1. The number of carbonyl (C=O) groups is 3. The predicted octanol–water partition coefficient (Wildman–Crippen LogP) is 3.46. The van der Waals surface area contributed by atoms with Crippen molar-refractivity contribution in [1.29, 1.82) is 0 Å². The highest BCUT2D eigenvalue weighted by Crippen LogP contribution is 2.12. The van der Waals surface area contributed by atoms with Crippen LogP contribution in [0.1, 0.15) is 50.5 Å². The molecule has 2 aromatic carbocycles. The molecule has 0 spiro atoms. The quantitative estimate of drug-likeness (QED) is 0.595. The summed E-state index contributed by atoms with van der Waals surface area (Å²) in [7, 11) is 1.28. The molecule has 25 heavy (non-hydrogen) atoms. The molecule has 1 unspecified atom stereocenters. The first-order valence-corrected chi connectivity index (χ1v) is 7.98. The maximum atomic E-state index is 12.4. The third kappa shape index (κ3) is 4.53. The standard InChI is InChI=1S/C20H20O5/c1-4-14-5-7-15(8-6-14)18(21)13(2)25-20(23)17-11-9-16(10-12-17)19(22)24-3/h5-13H,4H2,1-3H3. The summed E-state index contributed by atoms with van der Waals surface area (Å²) >= 11 is 0. The van der Waals surface area contributed by atoms with Crippen LogP contribution in [-0.2, 0) is 15.9 Å². The molecular weight excluding hydrogens is 320 g/mol. The van der Waals surface area contributed by atoms with Crippen molar-refractivity contribution in [1.82, 2.24) is 0 Å². The normalized spacial score (nSPS) is 11.5. The first-order chi connectivity index (χ1) is 12.0. The van der Waals surface area contributed by atoms with Gasteiger partial charge in [-0.25, -0.2) is 9.59 Å². The zero-order valence-electron chi connectivity index (χ0n) is 14.4. The van der Waals surface area contributed by atoms with Crippen LogP contribution >= 0.6 is 0 Å². The number of hydrogen-bond acceptors (Lipinski definition) is 5. The molecule has 5 nitrogen and oxygen atoms in total. The van der Waals surface area contributed by atoms with Gasteiger partial charge in [-0.3, -0.25) is 4.79 Å². The van der Waals surface area contributed by atoms with Gasteiger partial charge in [0.1, 0.15) is 0 Å². The summed E-state index contributed by atoms with van der Waals surface area (Å²) in [5.74, 6) is -1.37.